The standard InChI is InChI=1S/C15H18N2O3/c1-2-4-13-16-12-6-3-5-11(15(18)19)14(12)17(13)10-7-8-20-9-10/h3,5-6,10H,2,4,7-9H2,1H3,(H,18,19). The number of carboxylic acids is 1. The molecule has 0 aliphatic carbocycles. The first-order valence-electron chi connectivity index (χ1n) is 7.03. The quantitative estimate of drug-likeness (QED) is 0.931. The van der Waals surface area contributed by atoms with Crippen LogP contribution in [0.3, 0.4) is 0 Å². The maximum atomic E-state index is 11.5. The predicted molar refractivity (Wildman–Crippen MR) is 75.2 cm³/mol. The number of ether oxygens (including phenoxy) is 1. The van der Waals surface area contributed by atoms with E-state index >= 15 is 0 Å². The van der Waals surface area contributed by atoms with Crippen molar-refractivity contribution in [3.63, 3.8) is 0 Å². The minimum atomic E-state index is -0.904. The molecule has 0 saturated carbocycles. The van der Waals surface area contributed by atoms with Crippen molar-refractivity contribution in [1.29, 1.82) is 0 Å². The Balaban J connectivity index is 2.25. The lowest BCUT2D eigenvalue weighted by atomic mass is 10.1. The number of rotatable bonds is 4. The fourth-order valence-corrected chi connectivity index (χ4v) is 2.89. The largest absolute Gasteiger partial charge is 0.478 e. The molecular formula is C15H18N2O3. The van der Waals surface area contributed by atoms with Gasteiger partial charge in [0.15, 0.2) is 0 Å². The van der Waals surface area contributed by atoms with E-state index in [4.69, 9.17) is 4.74 Å². The third-order valence-electron chi connectivity index (χ3n) is 3.76. The van der Waals surface area contributed by atoms with E-state index in [2.05, 4.69) is 16.5 Å². The molecule has 5 heteroatoms. The summed E-state index contributed by atoms with van der Waals surface area (Å²) in [5.74, 6) is 0.0606. The lowest BCUT2D eigenvalue weighted by Gasteiger charge is -2.15. The van der Waals surface area contributed by atoms with Crippen LogP contribution >= 0.6 is 0 Å². The van der Waals surface area contributed by atoms with E-state index in [0.717, 1.165) is 42.7 Å². The van der Waals surface area contributed by atoms with Crippen LogP contribution in [0.25, 0.3) is 11.0 Å². The van der Waals surface area contributed by atoms with Gasteiger partial charge in [-0.15, -0.1) is 0 Å². The maximum Gasteiger partial charge on any atom is 0.337 e. The van der Waals surface area contributed by atoms with Gasteiger partial charge in [0.1, 0.15) is 5.82 Å². The molecule has 1 aromatic heterocycles. The molecule has 0 radical (unpaired) electrons. The highest BCUT2D eigenvalue weighted by Crippen LogP contribution is 2.29. The molecule has 1 fully saturated rings. The Morgan fingerprint density at radius 1 is 1.55 bits per heavy atom. The molecule has 1 aliphatic heterocycles. The molecule has 1 aliphatic rings. The summed E-state index contributed by atoms with van der Waals surface area (Å²) in [6.07, 6.45) is 2.75. The number of aromatic nitrogens is 2. The number of hydrogen-bond donors (Lipinski definition) is 1. The molecule has 0 amide bonds. The normalized spacial score (nSPS) is 18.8. The molecular weight excluding hydrogens is 256 g/mol. The molecule has 1 saturated heterocycles. The fourth-order valence-electron chi connectivity index (χ4n) is 2.89. The zero-order valence-electron chi connectivity index (χ0n) is 11.5. The van der Waals surface area contributed by atoms with Crippen molar-refractivity contribution in [2.75, 3.05) is 13.2 Å². The molecule has 2 aromatic rings. The van der Waals surface area contributed by atoms with Crippen LogP contribution in [0.2, 0.25) is 0 Å². The topological polar surface area (TPSA) is 64.3 Å². The van der Waals surface area contributed by atoms with Crippen LogP contribution in [-0.4, -0.2) is 33.8 Å². The van der Waals surface area contributed by atoms with Crippen LogP contribution in [0.15, 0.2) is 18.2 Å². The summed E-state index contributed by atoms with van der Waals surface area (Å²) < 4.78 is 7.56. The molecule has 2 heterocycles. The smallest absolute Gasteiger partial charge is 0.337 e. The molecule has 20 heavy (non-hydrogen) atoms. The lowest BCUT2D eigenvalue weighted by Crippen LogP contribution is -2.14. The van der Waals surface area contributed by atoms with Gasteiger partial charge in [0.2, 0.25) is 0 Å². The van der Waals surface area contributed by atoms with E-state index in [0.29, 0.717) is 12.2 Å². The Morgan fingerprint density at radius 2 is 2.40 bits per heavy atom. The van der Waals surface area contributed by atoms with E-state index in [9.17, 15) is 9.90 Å². The summed E-state index contributed by atoms with van der Waals surface area (Å²) in [5.41, 5.74) is 1.82. The zero-order chi connectivity index (χ0) is 14.1. The molecule has 106 valence electrons. The van der Waals surface area contributed by atoms with Crippen LogP contribution in [0.5, 0.6) is 0 Å². The van der Waals surface area contributed by atoms with Crippen molar-refractivity contribution in [1.82, 2.24) is 9.55 Å². The van der Waals surface area contributed by atoms with Gasteiger partial charge in [-0.05, 0) is 25.0 Å². The Kier molecular flexibility index (Phi) is 3.44. The van der Waals surface area contributed by atoms with E-state index in [1.165, 1.54) is 0 Å². The van der Waals surface area contributed by atoms with Gasteiger partial charge in [0, 0.05) is 13.0 Å². The highest BCUT2D eigenvalue weighted by molar-refractivity contribution is 6.01. The SMILES string of the molecule is CCCc1nc2cccc(C(=O)O)c2n1C1CCOC1. The number of imidazole rings is 1. The maximum absolute atomic E-state index is 11.5. The molecule has 1 unspecified atom stereocenters. The van der Waals surface area contributed by atoms with Crippen LogP contribution in [0.1, 0.15) is 42.0 Å². The van der Waals surface area contributed by atoms with Gasteiger partial charge in [-0.3, -0.25) is 0 Å². The van der Waals surface area contributed by atoms with Crippen molar-refractivity contribution in [2.24, 2.45) is 0 Å². The summed E-state index contributed by atoms with van der Waals surface area (Å²) >= 11 is 0. The number of aromatic carboxylic acids is 1. The number of carboxylic acid groups (broad SMARTS) is 1. The van der Waals surface area contributed by atoms with E-state index in [1.807, 2.05) is 6.07 Å². The van der Waals surface area contributed by atoms with Crippen molar-refractivity contribution < 1.29 is 14.6 Å². The Morgan fingerprint density at radius 3 is 3.05 bits per heavy atom. The summed E-state index contributed by atoms with van der Waals surface area (Å²) in [6, 6.07) is 5.48. The first-order chi connectivity index (χ1) is 9.72. The van der Waals surface area contributed by atoms with Gasteiger partial charge in [-0.25, -0.2) is 9.78 Å². The Bertz CT molecular complexity index is 642. The monoisotopic (exact) mass is 274 g/mol. The van der Waals surface area contributed by atoms with Gasteiger partial charge in [0.05, 0.1) is 29.2 Å². The fraction of sp³-hybridized carbons (Fsp3) is 0.467. The average molecular weight is 274 g/mol. The van der Waals surface area contributed by atoms with Crippen LogP contribution in [-0.2, 0) is 11.2 Å². The third-order valence-corrected chi connectivity index (χ3v) is 3.76. The Hall–Kier alpha value is -1.88. The average Bonchev–Trinajstić information content (AvgIpc) is 3.04. The first kappa shape index (κ1) is 13.1. The second-order valence-corrected chi connectivity index (χ2v) is 5.14. The number of aryl methyl sites for hydroxylation is 1. The van der Waals surface area contributed by atoms with Crippen molar-refractivity contribution in [3.8, 4) is 0 Å². The molecule has 1 aromatic carbocycles. The van der Waals surface area contributed by atoms with Crippen LogP contribution in [0, 0.1) is 0 Å². The summed E-state index contributed by atoms with van der Waals surface area (Å²) in [5, 5.41) is 9.42. The molecule has 5 nitrogen and oxygen atoms in total. The number of hydrogen-bond acceptors (Lipinski definition) is 3. The second kappa shape index (κ2) is 5.25. The summed E-state index contributed by atoms with van der Waals surface area (Å²) in [6.45, 7) is 3.47. The first-order valence-corrected chi connectivity index (χ1v) is 7.03. The Labute approximate surface area is 117 Å². The van der Waals surface area contributed by atoms with Gasteiger partial charge in [0.25, 0.3) is 0 Å². The molecule has 0 spiro atoms. The molecule has 1 atom stereocenters. The molecule has 3 rings (SSSR count). The number of fused-ring (bicyclic) bond motifs is 1. The second-order valence-electron chi connectivity index (χ2n) is 5.14. The molecule has 0 bridgehead atoms. The van der Waals surface area contributed by atoms with Gasteiger partial charge in [-0.2, -0.15) is 0 Å². The van der Waals surface area contributed by atoms with Crippen LogP contribution in [0.4, 0.5) is 0 Å². The number of carbonyl (C=O) groups is 1. The summed E-state index contributed by atoms with van der Waals surface area (Å²) in [7, 11) is 0. The van der Waals surface area contributed by atoms with Gasteiger partial charge in [-0.1, -0.05) is 13.0 Å². The summed E-state index contributed by atoms with van der Waals surface area (Å²) in [4.78, 5) is 16.1. The number of benzene rings is 1. The van der Waals surface area contributed by atoms with Crippen LogP contribution < -0.4 is 0 Å². The molecule has 1 N–H and O–H groups in total. The van der Waals surface area contributed by atoms with Crippen molar-refractivity contribution in [3.05, 3.63) is 29.6 Å². The van der Waals surface area contributed by atoms with Gasteiger partial charge < -0.3 is 14.4 Å². The third kappa shape index (κ3) is 2.08. The lowest BCUT2D eigenvalue weighted by molar-refractivity contribution is 0.0698. The predicted octanol–water partition coefficient (Wildman–Crippen LogP) is 2.65. The van der Waals surface area contributed by atoms with E-state index in [1.54, 1.807) is 12.1 Å². The number of para-hydroxylation sites is 1. The van der Waals surface area contributed by atoms with Gasteiger partial charge >= 0.3 is 5.97 Å². The minimum absolute atomic E-state index is 0.196. The van der Waals surface area contributed by atoms with Crippen molar-refractivity contribution >= 4 is 17.0 Å². The highest BCUT2D eigenvalue weighted by Gasteiger charge is 2.25. The minimum Gasteiger partial charge on any atom is -0.478 e. The highest BCUT2D eigenvalue weighted by atomic mass is 16.5. The number of nitrogens with zero attached hydrogens (tertiary/aromatic N) is 2. The van der Waals surface area contributed by atoms with E-state index in [-0.39, 0.29) is 6.04 Å². The van der Waals surface area contributed by atoms with Crippen molar-refractivity contribution in [2.45, 2.75) is 32.2 Å². The van der Waals surface area contributed by atoms with E-state index < -0.39 is 5.97 Å². The zero-order valence-corrected chi connectivity index (χ0v) is 11.5.